The number of carboxylic acids is 1. The van der Waals surface area contributed by atoms with E-state index in [1.54, 1.807) is 25.1 Å². The molecule has 0 aromatic heterocycles. The fraction of sp³-hybridized carbons (Fsp3) is 0.348. The molecule has 2 heterocycles. The fourth-order valence-electron chi connectivity index (χ4n) is 4.90. The Labute approximate surface area is 194 Å². The van der Waals surface area contributed by atoms with Gasteiger partial charge in [0.05, 0.1) is 30.7 Å². The van der Waals surface area contributed by atoms with E-state index in [1.165, 1.54) is 32.2 Å². The number of ether oxygens (including phenoxy) is 1. The number of aryl methyl sites for hydroxylation is 1. The van der Waals surface area contributed by atoms with Gasteiger partial charge < -0.3 is 20.1 Å². The van der Waals surface area contributed by atoms with E-state index in [9.17, 15) is 29.7 Å². The molecule has 33 heavy (non-hydrogen) atoms. The lowest BCUT2D eigenvalue weighted by atomic mass is 9.76. The number of aliphatic hydroxyl groups is 1. The van der Waals surface area contributed by atoms with Crippen molar-refractivity contribution in [3.63, 3.8) is 0 Å². The van der Waals surface area contributed by atoms with Crippen molar-refractivity contribution >= 4 is 35.1 Å². The van der Waals surface area contributed by atoms with Crippen molar-refractivity contribution in [3.8, 4) is 11.5 Å². The average molecular weight is 475 g/mol. The number of imide groups is 1. The molecule has 2 aromatic carbocycles. The van der Waals surface area contributed by atoms with Crippen LogP contribution in [0.15, 0.2) is 36.4 Å². The molecule has 2 fully saturated rings. The zero-order chi connectivity index (χ0) is 24.2. The van der Waals surface area contributed by atoms with Gasteiger partial charge in [0.15, 0.2) is 17.0 Å². The van der Waals surface area contributed by atoms with Crippen molar-refractivity contribution in [3.05, 3.63) is 52.5 Å². The van der Waals surface area contributed by atoms with Crippen LogP contribution in [0.1, 0.15) is 24.1 Å². The van der Waals surface area contributed by atoms with E-state index < -0.39 is 47.3 Å². The first kappa shape index (κ1) is 23.0. The molecule has 5 atom stereocenters. The van der Waals surface area contributed by atoms with E-state index in [0.29, 0.717) is 5.02 Å². The first-order chi connectivity index (χ1) is 15.6. The summed E-state index contributed by atoms with van der Waals surface area (Å²) in [7, 11) is 1.36. The Kier molecular flexibility index (Phi) is 5.60. The van der Waals surface area contributed by atoms with Gasteiger partial charge in [-0.05, 0) is 37.6 Å². The molecule has 0 saturated carbocycles. The number of aromatic hydroxyl groups is 1. The first-order valence-corrected chi connectivity index (χ1v) is 10.6. The Morgan fingerprint density at radius 3 is 2.52 bits per heavy atom. The van der Waals surface area contributed by atoms with Gasteiger partial charge in [0.25, 0.3) is 0 Å². The Hall–Kier alpha value is -3.14. The summed E-state index contributed by atoms with van der Waals surface area (Å²) >= 11 is 6.20. The molecule has 9 nitrogen and oxygen atoms in total. The lowest BCUT2D eigenvalue weighted by molar-refractivity contribution is -0.154. The number of halogens is 1. The number of hydrogen-bond donors (Lipinski definition) is 4. The number of nitrogens with zero attached hydrogens (tertiary/aromatic N) is 1. The van der Waals surface area contributed by atoms with Crippen LogP contribution in [0.3, 0.4) is 0 Å². The molecule has 4 N–H and O–H groups in total. The van der Waals surface area contributed by atoms with E-state index in [2.05, 4.69) is 5.32 Å². The predicted octanol–water partition coefficient (Wildman–Crippen LogP) is 2.02. The monoisotopic (exact) mass is 474 g/mol. The van der Waals surface area contributed by atoms with Crippen LogP contribution in [-0.4, -0.2) is 51.9 Å². The van der Waals surface area contributed by atoms with Crippen molar-refractivity contribution in [1.29, 1.82) is 0 Å². The number of aliphatic carboxylic acids is 1. The molecule has 0 spiro atoms. The first-order valence-electron chi connectivity index (χ1n) is 10.2. The third kappa shape index (κ3) is 3.18. The standard InChI is InChI=1S/C23H23ClN2O7/c1-10-7-8-12(9-14(10)24)26-20(29)16-17(21(26)30)23(11(2)27,22(31)32)25-18(16)13-5-4-6-15(33-3)19(13)28/h4-9,11,16-18,25,27-28H,1-3H3,(H,31,32). The molecule has 0 bridgehead atoms. The van der Waals surface area contributed by atoms with Gasteiger partial charge in [0.2, 0.25) is 11.8 Å². The summed E-state index contributed by atoms with van der Waals surface area (Å²) < 4.78 is 5.15. The minimum Gasteiger partial charge on any atom is -0.504 e. The number of anilines is 1. The van der Waals surface area contributed by atoms with Gasteiger partial charge in [-0.1, -0.05) is 29.8 Å². The Morgan fingerprint density at radius 2 is 1.94 bits per heavy atom. The molecule has 2 aromatic rings. The number of amides is 2. The third-order valence-corrected chi connectivity index (χ3v) is 7.01. The molecule has 174 valence electrons. The van der Waals surface area contributed by atoms with Crippen LogP contribution in [0, 0.1) is 18.8 Å². The number of carbonyl (C=O) groups is 3. The molecule has 2 aliphatic rings. The minimum absolute atomic E-state index is 0.120. The van der Waals surface area contributed by atoms with Crippen LogP contribution in [0.5, 0.6) is 11.5 Å². The summed E-state index contributed by atoms with van der Waals surface area (Å²) in [6.45, 7) is 3.01. The minimum atomic E-state index is -2.17. The van der Waals surface area contributed by atoms with E-state index in [-0.39, 0.29) is 22.7 Å². The summed E-state index contributed by atoms with van der Waals surface area (Å²) in [5, 5.41) is 34.6. The Balaban J connectivity index is 1.91. The summed E-state index contributed by atoms with van der Waals surface area (Å²) in [6, 6.07) is 8.17. The largest absolute Gasteiger partial charge is 0.504 e. The van der Waals surface area contributed by atoms with Crippen LogP contribution in [0.2, 0.25) is 5.02 Å². The molecule has 2 aliphatic heterocycles. The number of methoxy groups -OCH3 is 1. The molecule has 5 unspecified atom stereocenters. The number of carboxylic acid groups (broad SMARTS) is 1. The van der Waals surface area contributed by atoms with Gasteiger partial charge in [0, 0.05) is 16.6 Å². The number of benzene rings is 2. The van der Waals surface area contributed by atoms with Gasteiger partial charge in [-0.2, -0.15) is 0 Å². The smallest absolute Gasteiger partial charge is 0.327 e. The maximum Gasteiger partial charge on any atom is 0.327 e. The van der Waals surface area contributed by atoms with Crippen LogP contribution in [0.4, 0.5) is 5.69 Å². The van der Waals surface area contributed by atoms with E-state index in [1.807, 2.05) is 0 Å². The quantitative estimate of drug-likeness (QED) is 0.483. The molecule has 0 radical (unpaired) electrons. The second kappa shape index (κ2) is 8.02. The van der Waals surface area contributed by atoms with E-state index in [0.717, 1.165) is 10.5 Å². The highest BCUT2D eigenvalue weighted by Crippen LogP contribution is 2.53. The zero-order valence-electron chi connectivity index (χ0n) is 18.1. The van der Waals surface area contributed by atoms with Gasteiger partial charge in [-0.15, -0.1) is 0 Å². The molecule has 2 saturated heterocycles. The lowest BCUT2D eigenvalue weighted by Crippen LogP contribution is -2.62. The van der Waals surface area contributed by atoms with Crippen molar-refractivity contribution in [2.75, 3.05) is 12.0 Å². The molecule has 4 rings (SSSR count). The van der Waals surface area contributed by atoms with Crippen molar-refractivity contribution < 1.29 is 34.4 Å². The van der Waals surface area contributed by atoms with Crippen LogP contribution in [-0.2, 0) is 14.4 Å². The van der Waals surface area contributed by atoms with Crippen molar-refractivity contribution in [1.82, 2.24) is 5.32 Å². The van der Waals surface area contributed by atoms with Crippen LogP contribution < -0.4 is 15.0 Å². The topological polar surface area (TPSA) is 136 Å². The lowest BCUT2D eigenvalue weighted by Gasteiger charge is -2.33. The van der Waals surface area contributed by atoms with Crippen molar-refractivity contribution in [2.45, 2.75) is 31.5 Å². The fourth-order valence-corrected chi connectivity index (χ4v) is 5.07. The number of para-hydroxylation sites is 1. The number of hydrogen-bond acceptors (Lipinski definition) is 7. The maximum atomic E-state index is 13.6. The van der Waals surface area contributed by atoms with Crippen LogP contribution in [0.25, 0.3) is 0 Å². The maximum absolute atomic E-state index is 13.6. The molecule has 0 aliphatic carbocycles. The number of carbonyl (C=O) groups excluding carboxylic acids is 2. The number of aliphatic hydroxyl groups excluding tert-OH is 1. The number of phenolic OH excluding ortho intramolecular Hbond substituents is 1. The molecule has 10 heteroatoms. The summed E-state index contributed by atoms with van der Waals surface area (Å²) in [6.07, 6.45) is -1.54. The number of fused-ring (bicyclic) bond motifs is 1. The average Bonchev–Trinajstić information content (AvgIpc) is 3.25. The van der Waals surface area contributed by atoms with E-state index >= 15 is 0 Å². The van der Waals surface area contributed by atoms with Crippen LogP contribution >= 0.6 is 11.6 Å². The second-order valence-electron chi connectivity index (χ2n) is 8.32. The normalized spacial score (nSPS) is 27.5. The third-order valence-electron chi connectivity index (χ3n) is 6.61. The number of phenols is 1. The Morgan fingerprint density at radius 1 is 1.24 bits per heavy atom. The predicted molar refractivity (Wildman–Crippen MR) is 118 cm³/mol. The summed E-state index contributed by atoms with van der Waals surface area (Å²) in [4.78, 5) is 40.6. The van der Waals surface area contributed by atoms with Gasteiger partial charge >= 0.3 is 5.97 Å². The molecular weight excluding hydrogens is 452 g/mol. The molecular formula is C23H23ClN2O7. The van der Waals surface area contributed by atoms with Gasteiger partial charge in [-0.25, -0.2) is 4.90 Å². The van der Waals surface area contributed by atoms with Gasteiger partial charge in [0.1, 0.15) is 0 Å². The summed E-state index contributed by atoms with van der Waals surface area (Å²) in [5.41, 5.74) is -1.04. The highest BCUT2D eigenvalue weighted by atomic mass is 35.5. The summed E-state index contributed by atoms with van der Waals surface area (Å²) in [5.74, 6) is -5.73. The highest BCUT2D eigenvalue weighted by molar-refractivity contribution is 6.32. The molecule has 2 amide bonds. The highest BCUT2D eigenvalue weighted by Gasteiger charge is 2.70. The second-order valence-corrected chi connectivity index (χ2v) is 8.73. The van der Waals surface area contributed by atoms with E-state index in [4.69, 9.17) is 16.3 Å². The number of rotatable bonds is 5. The SMILES string of the molecule is COc1cccc(C2NC(C(=O)O)(C(C)O)C3C(=O)N(c4ccc(C)c(Cl)c4)C(=O)C23)c1O. The van der Waals surface area contributed by atoms with Crippen molar-refractivity contribution in [2.24, 2.45) is 11.8 Å². The Bertz CT molecular complexity index is 1170. The van der Waals surface area contributed by atoms with Gasteiger partial charge in [-0.3, -0.25) is 19.7 Å². The number of nitrogens with one attached hydrogen (secondary N) is 1. The zero-order valence-corrected chi connectivity index (χ0v) is 18.8.